The van der Waals surface area contributed by atoms with E-state index in [0.29, 0.717) is 5.56 Å². The molecule has 0 aliphatic heterocycles. The average Bonchev–Trinajstić information content (AvgIpc) is 2.59. The zero-order valence-corrected chi connectivity index (χ0v) is 13.4. The standard InChI is InChI=1S/C19H15ClFNO2/c20-15-9-4-10-16(21)18(15)19(24)22-11-17(23)14-8-3-6-12-5-1-2-7-13(12)14/h1-10,17,23H,11H2,(H,22,24)/t17-/m1/s1. The third-order valence-corrected chi connectivity index (χ3v) is 4.14. The van der Waals surface area contributed by atoms with Crippen molar-refractivity contribution in [2.24, 2.45) is 0 Å². The maximum atomic E-state index is 13.7. The summed E-state index contributed by atoms with van der Waals surface area (Å²) in [6.45, 7) is -0.0441. The summed E-state index contributed by atoms with van der Waals surface area (Å²) in [6.07, 6.45) is -0.911. The molecule has 0 unspecified atom stereocenters. The van der Waals surface area contributed by atoms with Crippen molar-refractivity contribution in [1.82, 2.24) is 5.32 Å². The van der Waals surface area contributed by atoms with E-state index in [1.54, 1.807) is 6.07 Å². The molecule has 0 radical (unpaired) electrons. The van der Waals surface area contributed by atoms with Crippen LogP contribution in [0.15, 0.2) is 60.7 Å². The summed E-state index contributed by atoms with van der Waals surface area (Å²) in [6, 6.07) is 17.3. The summed E-state index contributed by atoms with van der Waals surface area (Å²) in [7, 11) is 0. The van der Waals surface area contributed by atoms with Gasteiger partial charge in [-0.3, -0.25) is 4.79 Å². The molecular weight excluding hydrogens is 329 g/mol. The molecule has 3 aromatic carbocycles. The van der Waals surface area contributed by atoms with Crippen LogP contribution in [-0.4, -0.2) is 17.6 Å². The van der Waals surface area contributed by atoms with Crippen LogP contribution < -0.4 is 5.32 Å². The van der Waals surface area contributed by atoms with Crippen molar-refractivity contribution >= 4 is 28.3 Å². The zero-order chi connectivity index (χ0) is 17.1. The first-order valence-corrected chi connectivity index (χ1v) is 7.83. The Balaban J connectivity index is 1.78. The first kappa shape index (κ1) is 16.4. The van der Waals surface area contributed by atoms with Crippen LogP contribution in [0.5, 0.6) is 0 Å². The van der Waals surface area contributed by atoms with E-state index in [0.717, 1.165) is 10.8 Å². The van der Waals surface area contributed by atoms with Crippen LogP contribution in [0.25, 0.3) is 10.8 Å². The SMILES string of the molecule is O=C(NC[C@@H](O)c1cccc2ccccc12)c1c(F)cccc1Cl. The third kappa shape index (κ3) is 3.25. The molecule has 0 aliphatic rings. The van der Waals surface area contributed by atoms with Crippen LogP contribution in [0.2, 0.25) is 5.02 Å². The highest BCUT2D eigenvalue weighted by Crippen LogP contribution is 2.24. The minimum atomic E-state index is -0.911. The Morgan fingerprint density at radius 2 is 1.79 bits per heavy atom. The second-order valence-corrected chi connectivity index (χ2v) is 5.80. The third-order valence-electron chi connectivity index (χ3n) is 3.83. The smallest absolute Gasteiger partial charge is 0.255 e. The van der Waals surface area contributed by atoms with Gasteiger partial charge in [0.1, 0.15) is 5.82 Å². The Bertz CT molecular complexity index is 872. The molecule has 2 N–H and O–H groups in total. The molecule has 3 rings (SSSR count). The Morgan fingerprint density at radius 3 is 2.58 bits per heavy atom. The molecule has 1 amide bonds. The Labute approximate surface area is 143 Å². The van der Waals surface area contributed by atoms with Crippen LogP contribution in [0.1, 0.15) is 22.0 Å². The van der Waals surface area contributed by atoms with Crippen LogP contribution in [0.3, 0.4) is 0 Å². The van der Waals surface area contributed by atoms with Crippen LogP contribution in [-0.2, 0) is 0 Å². The molecule has 0 aliphatic carbocycles. The lowest BCUT2D eigenvalue weighted by molar-refractivity contribution is 0.0913. The largest absolute Gasteiger partial charge is 0.387 e. The number of halogens is 2. The van der Waals surface area contributed by atoms with Gasteiger partial charge in [0.2, 0.25) is 0 Å². The molecule has 3 nitrogen and oxygen atoms in total. The Morgan fingerprint density at radius 1 is 1.08 bits per heavy atom. The van der Waals surface area contributed by atoms with E-state index in [1.807, 2.05) is 36.4 Å². The lowest BCUT2D eigenvalue weighted by atomic mass is 10.0. The molecule has 0 bridgehead atoms. The fourth-order valence-electron chi connectivity index (χ4n) is 2.64. The first-order chi connectivity index (χ1) is 11.6. The summed E-state index contributed by atoms with van der Waals surface area (Å²) in [4.78, 5) is 12.1. The number of aliphatic hydroxyl groups is 1. The van der Waals surface area contributed by atoms with Gasteiger partial charge in [-0.1, -0.05) is 60.1 Å². The quantitative estimate of drug-likeness (QED) is 0.749. The fraction of sp³-hybridized carbons (Fsp3) is 0.105. The van der Waals surface area contributed by atoms with Gasteiger partial charge in [-0.2, -0.15) is 0 Å². The van der Waals surface area contributed by atoms with Crippen molar-refractivity contribution in [3.8, 4) is 0 Å². The van der Waals surface area contributed by atoms with Gasteiger partial charge in [0.15, 0.2) is 0 Å². The molecule has 24 heavy (non-hydrogen) atoms. The van der Waals surface area contributed by atoms with Crippen molar-refractivity contribution in [1.29, 1.82) is 0 Å². The molecule has 0 saturated carbocycles. The Kier molecular flexibility index (Phi) is 4.79. The van der Waals surface area contributed by atoms with Gasteiger partial charge < -0.3 is 10.4 Å². The van der Waals surface area contributed by atoms with Gasteiger partial charge in [-0.05, 0) is 28.5 Å². The summed E-state index contributed by atoms with van der Waals surface area (Å²) < 4.78 is 13.7. The summed E-state index contributed by atoms with van der Waals surface area (Å²) in [5, 5.41) is 14.9. The van der Waals surface area contributed by atoms with Crippen molar-refractivity contribution in [2.45, 2.75) is 6.10 Å². The second kappa shape index (κ2) is 6.99. The lowest BCUT2D eigenvalue weighted by Crippen LogP contribution is -2.29. The summed E-state index contributed by atoms with van der Waals surface area (Å²) >= 11 is 5.87. The van der Waals surface area contributed by atoms with Crippen molar-refractivity contribution < 1.29 is 14.3 Å². The zero-order valence-electron chi connectivity index (χ0n) is 12.7. The van der Waals surface area contributed by atoms with E-state index in [4.69, 9.17) is 11.6 Å². The molecule has 0 heterocycles. The van der Waals surface area contributed by atoms with Crippen LogP contribution in [0, 0.1) is 5.82 Å². The van der Waals surface area contributed by atoms with E-state index >= 15 is 0 Å². The number of amides is 1. The fourth-order valence-corrected chi connectivity index (χ4v) is 2.89. The van der Waals surface area contributed by atoms with Gasteiger partial charge in [0.05, 0.1) is 16.7 Å². The molecule has 3 aromatic rings. The minimum absolute atomic E-state index is 0.0344. The molecule has 0 fully saturated rings. The molecular formula is C19H15ClFNO2. The molecule has 5 heteroatoms. The molecule has 1 atom stereocenters. The van der Waals surface area contributed by atoms with E-state index < -0.39 is 17.8 Å². The number of rotatable bonds is 4. The number of benzene rings is 3. The number of hydrogen-bond donors (Lipinski definition) is 2. The number of nitrogens with one attached hydrogen (secondary N) is 1. The van der Waals surface area contributed by atoms with E-state index in [-0.39, 0.29) is 17.1 Å². The number of carbonyl (C=O) groups is 1. The normalized spacial score (nSPS) is 12.1. The number of carbonyl (C=O) groups excluding carboxylic acids is 1. The molecule has 0 saturated heterocycles. The van der Waals surface area contributed by atoms with E-state index in [2.05, 4.69) is 5.32 Å². The first-order valence-electron chi connectivity index (χ1n) is 7.46. The van der Waals surface area contributed by atoms with Gasteiger partial charge in [0, 0.05) is 6.54 Å². The van der Waals surface area contributed by atoms with Crippen molar-refractivity contribution in [3.05, 3.63) is 82.6 Å². The molecule has 0 spiro atoms. The van der Waals surface area contributed by atoms with Crippen LogP contribution in [0.4, 0.5) is 4.39 Å². The van der Waals surface area contributed by atoms with E-state index in [1.165, 1.54) is 18.2 Å². The highest BCUT2D eigenvalue weighted by Gasteiger charge is 2.18. The number of aliphatic hydroxyl groups excluding tert-OH is 1. The van der Waals surface area contributed by atoms with Gasteiger partial charge in [-0.25, -0.2) is 4.39 Å². The van der Waals surface area contributed by atoms with Gasteiger partial charge >= 0.3 is 0 Å². The predicted molar refractivity (Wildman–Crippen MR) is 92.7 cm³/mol. The highest BCUT2D eigenvalue weighted by molar-refractivity contribution is 6.33. The second-order valence-electron chi connectivity index (χ2n) is 5.39. The summed E-state index contributed by atoms with van der Waals surface area (Å²) in [5.41, 5.74) is 0.484. The Hall–Kier alpha value is -2.43. The number of hydrogen-bond acceptors (Lipinski definition) is 2. The molecule has 122 valence electrons. The lowest BCUT2D eigenvalue weighted by Gasteiger charge is -2.15. The van der Waals surface area contributed by atoms with Gasteiger partial charge in [0.25, 0.3) is 5.91 Å². The molecule has 0 aromatic heterocycles. The predicted octanol–water partition coefficient (Wildman–Crippen LogP) is 4.10. The van der Waals surface area contributed by atoms with Crippen molar-refractivity contribution in [2.75, 3.05) is 6.54 Å². The highest BCUT2D eigenvalue weighted by atomic mass is 35.5. The van der Waals surface area contributed by atoms with Gasteiger partial charge in [-0.15, -0.1) is 0 Å². The minimum Gasteiger partial charge on any atom is -0.387 e. The van der Waals surface area contributed by atoms with Crippen molar-refractivity contribution in [3.63, 3.8) is 0 Å². The van der Waals surface area contributed by atoms with E-state index in [9.17, 15) is 14.3 Å². The van der Waals surface area contributed by atoms with Crippen LogP contribution >= 0.6 is 11.6 Å². The number of fused-ring (bicyclic) bond motifs is 1. The topological polar surface area (TPSA) is 49.3 Å². The summed E-state index contributed by atoms with van der Waals surface area (Å²) in [5.74, 6) is -1.35. The maximum Gasteiger partial charge on any atom is 0.255 e. The maximum absolute atomic E-state index is 13.7. The average molecular weight is 344 g/mol. The monoisotopic (exact) mass is 343 g/mol.